The minimum atomic E-state index is 0.191. The van der Waals surface area contributed by atoms with Crippen LogP contribution in [0.25, 0.3) is 0 Å². The number of thioether (sulfide) groups is 2. The Morgan fingerprint density at radius 3 is 2.65 bits per heavy atom. The Hall–Kier alpha value is -0.810. The molecule has 0 aliphatic carbocycles. The number of amides is 1. The van der Waals surface area contributed by atoms with Crippen LogP contribution >= 0.6 is 23.5 Å². The summed E-state index contributed by atoms with van der Waals surface area (Å²) >= 11 is 3.63. The average molecular weight is 310 g/mol. The maximum absolute atomic E-state index is 12.0. The van der Waals surface area contributed by atoms with Crippen molar-refractivity contribution in [1.82, 2.24) is 4.90 Å². The lowest BCUT2D eigenvalue weighted by atomic mass is 10.2. The van der Waals surface area contributed by atoms with E-state index in [0.717, 1.165) is 18.1 Å². The molecule has 1 aromatic carbocycles. The molecule has 0 radical (unpaired) electrons. The number of hydrogen-bond acceptors (Lipinski definition) is 4. The fourth-order valence-corrected chi connectivity index (χ4v) is 4.05. The van der Waals surface area contributed by atoms with Crippen LogP contribution in [0.2, 0.25) is 0 Å². The van der Waals surface area contributed by atoms with Crippen LogP contribution in [0.1, 0.15) is 17.9 Å². The minimum absolute atomic E-state index is 0.191. The van der Waals surface area contributed by atoms with Gasteiger partial charge in [0.25, 0.3) is 0 Å². The molecule has 20 heavy (non-hydrogen) atoms. The van der Waals surface area contributed by atoms with Crippen LogP contribution in [0.5, 0.6) is 0 Å². The molecule has 1 aromatic rings. The molecular formula is C15H22N2OS2. The van der Waals surface area contributed by atoms with E-state index in [2.05, 4.69) is 36.1 Å². The first kappa shape index (κ1) is 15.6. The van der Waals surface area contributed by atoms with E-state index in [0.29, 0.717) is 5.75 Å². The van der Waals surface area contributed by atoms with Gasteiger partial charge in [-0.05, 0) is 23.4 Å². The number of carbonyl (C=O) groups excluding carboxylic acids is 1. The van der Waals surface area contributed by atoms with E-state index in [-0.39, 0.29) is 11.3 Å². The Bertz CT molecular complexity index is 448. The fraction of sp³-hybridized carbons (Fsp3) is 0.533. The lowest BCUT2D eigenvalue weighted by Crippen LogP contribution is -2.30. The molecule has 1 heterocycles. The zero-order valence-corrected chi connectivity index (χ0v) is 14.0. The van der Waals surface area contributed by atoms with Gasteiger partial charge in [0.15, 0.2) is 0 Å². The molecule has 1 fully saturated rings. The predicted molar refractivity (Wildman–Crippen MR) is 90.7 cm³/mol. The minimum Gasteiger partial charge on any atom is -0.378 e. The Kier molecular flexibility index (Phi) is 5.66. The molecule has 1 unspecified atom stereocenters. The molecule has 0 spiro atoms. The lowest BCUT2D eigenvalue weighted by Gasteiger charge is -2.24. The second-order valence-electron chi connectivity index (χ2n) is 4.93. The van der Waals surface area contributed by atoms with Crippen molar-refractivity contribution in [2.75, 3.05) is 42.8 Å². The topological polar surface area (TPSA) is 23.6 Å². The van der Waals surface area contributed by atoms with Crippen LogP contribution < -0.4 is 4.90 Å². The highest BCUT2D eigenvalue weighted by molar-refractivity contribution is 8.00. The van der Waals surface area contributed by atoms with E-state index in [1.54, 1.807) is 11.8 Å². The third-order valence-electron chi connectivity index (χ3n) is 3.34. The monoisotopic (exact) mass is 310 g/mol. The van der Waals surface area contributed by atoms with E-state index >= 15 is 0 Å². The third-order valence-corrected chi connectivity index (χ3v) is 5.48. The number of anilines is 1. The molecule has 1 saturated heterocycles. The van der Waals surface area contributed by atoms with Crippen molar-refractivity contribution in [2.24, 2.45) is 0 Å². The maximum atomic E-state index is 12.0. The van der Waals surface area contributed by atoms with Gasteiger partial charge in [0.1, 0.15) is 5.37 Å². The zero-order chi connectivity index (χ0) is 14.5. The first-order chi connectivity index (χ1) is 9.63. The zero-order valence-electron chi connectivity index (χ0n) is 12.3. The summed E-state index contributed by atoms with van der Waals surface area (Å²) in [6.07, 6.45) is 0. The van der Waals surface area contributed by atoms with E-state index in [9.17, 15) is 4.79 Å². The highest BCUT2D eigenvalue weighted by atomic mass is 32.2. The van der Waals surface area contributed by atoms with Crippen LogP contribution in [-0.4, -0.2) is 48.7 Å². The number of nitrogens with zero attached hydrogens (tertiary/aromatic N) is 2. The summed E-state index contributed by atoms with van der Waals surface area (Å²) in [5.74, 6) is 3.01. The SMILES string of the molecule is CCSCCN1C(=O)CSC1c1ccc(N(C)C)cc1. The van der Waals surface area contributed by atoms with Crippen molar-refractivity contribution in [3.63, 3.8) is 0 Å². The molecular weight excluding hydrogens is 288 g/mol. The summed E-state index contributed by atoms with van der Waals surface area (Å²) in [7, 11) is 4.08. The van der Waals surface area contributed by atoms with Crippen molar-refractivity contribution in [3.8, 4) is 0 Å². The molecule has 3 nitrogen and oxygen atoms in total. The van der Waals surface area contributed by atoms with Gasteiger partial charge in [-0.25, -0.2) is 0 Å². The summed E-state index contributed by atoms with van der Waals surface area (Å²) in [6.45, 7) is 3.01. The van der Waals surface area contributed by atoms with Crippen molar-refractivity contribution in [3.05, 3.63) is 29.8 Å². The fourth-order valence-electron chi connectivity index (χ4n) is 2.22. The van der Waals surface area contributed by atoms with Crippen LogP contribution in [-0.2, 0) is 4.79 Å². The van der Waals surface area contributed by atoms with Crippen LogP contribution in [0, 0.1) is 0 Å². The summed E-state index contributed by atoms with van der Waals surface area (Å²) in [5.41, 5.74) is 2.42. The quantitative estimate of drug-likeness (QED) is 0.753. The summed E-state index contributed by atoms with van der Waals surface area (Å²) in [5, 5.41) is 0.191. The van der Waals surface area contributed by atoms with Gasteiger partial charge in [-0.1, -0.05) is 19.1 Å². The highest BCUT2D eigenvalue weighted by Gasteiger charge is 2.32. The molecule has 2 rings (SSSR count). The lowest BCUT2D eigenvalue weighted by molar-refractivity contribution is -0.127. The largest absolute Gasteiger partial charge is 0.378 e. The molecule has 110 valence electrons. The van der Waals surface area contributed by atoms with Gasteiger partial charge in [-0.15, -0.1) is 11.8 Å². The van der Waals surface area contributed by atoms with Crippen molar-refractivity contribution in [1.29, 1.82) is 0 Å². The molecule has 0 N–H and O–H groups in total. The molecule has 0 bridgehead atoms. The molecule has 5 heteroatoms. The Morgan fingerprint density at radius 2 is 2.05 bits per heavy atom. The summed E-state index contributed by atoms with van der Waals surface area (Å²) in [6, 6.07) is 8.53. The normalized spacial score (nSPS) is 18.6. The van der Waals surface area contributed by atoms with E-state index in [4.69, 9.17) is 0 Å². The first-order valence-corrected chi connectivity index (χ1v) is 9.10. The average Bonchev–Trinajstić information content (AvgIpc) is 2.81. The van der Waals surface area contributed by atoms with Gasteiger partial charge in [-0.2, -0.15) is 11.8 Å². The number of rotatable bonds is 6. The third kappa shape index (κ3) is 3.64. The van der Waals surface area contributed by atoms with Gasteiger partial charge >= 0.3 is 0 Å². The second kappa shape index (κ2) is 7.27. The molecule has 0 aromatic heterocycles. The summed E-state index contributed by atoms with van der Waals surface area (Å²) < 4.78 is 0. The smallest absolute Gasteiger partial charge is 0.233 e. The van der Waals surface area contributed by atoms with Gasteiger partial charge in [-0.3, -0.25) is 4.79 Å². The standard InChI is InChI=1S/C15H22N2OS2/c1-4-19-10-9-17-14(18)11-20-15(17)12-5-7-13(8-6-12)16(2)3/h5-8,15H,4,9-11H2,1-3H3. The molecule has 0 saturated carbocycles. The predicted octanol–water partition coefficient (Wildman–Crippen LogP) is 3.08. The van der Waals surface area contributed by atoms with E-state index in [1.165, 1.54) is 11.3 Å². The second-order valence-corrected chi connectivity index (χ2v) is 7.40. The highest BCUT2D eigenvalue weighted by Crippen LogP contribution is 2.38. The molecule has 1 atom stereocenters. The molecule has 1 aliphatic rings. The van der Waals surface area contributed by atoms with Gasteiger partial charge in [0.05, 0.1) is 5.75 Å². The van der Waals surface area contributed by atoms with Crippen LogP contribution in [0.15, 0.2) is 24.3 Å². The van der Waals surface area contributed by atoms with Gasteiger partial charge in [0.2, 0.25) is 5.91 Å². The van der Waals surface area contributed by atoms with Crippen molar-refractivity contribution >= 4 is 35.1 Å². The van der Waals surface area contributed by atoms with Gasteiger partial charge < -0.3 is 9.80 Å². The number of carbonyl (C=O) groups is 1. The van der Waals surface area contributed by atoms with E-state index < -0.39 is 0 Å². The van der Waals surface area contributed by atoms with Crippen LogP contribution in [0.3, 0.4) is 0 Å². The number of hydrogen-bond donors (Lipinski definition) is 0. The first-order valence-electron chi connectivity index (χ1n) is 6.89. The molecule has 1 aliphatic heterocycles. The molecule has 1 amide bonds. The Labute approximate surface area is 130 Å². The maximum Gasteiger partial charge on any atom is 0.233 e. The van der Waals surface area contributed by atoms with Crippen molar-refractivity contribution < 1.29 is 4.79 Å². The van der Waals surface area contributed by atoms with Crippen LogP contribution in [0.4, 0.5) is 5.69 Å². The van der Waals surface area contributed by atoms with Gasteiger partial charge in [0, 0.05) is 32.1 Å². The van der Waals surface area contributed by atoms with Crippen molar-refractivity contribution in [2.45, 2.75) is 12.3 Å². The Balaban J connectivity index is 2.07. The van der Waals surface area contributed by atoms with E-state index in [1.807, 2.05) is 30.8 Å². The summed E-state index contributed by atoms with van der Waals surface area (Å²) in [4.78, 5) is 16.1. The Morgan fingerprint density at radius 1 is 1.35 bits per heavy atom. The number of benzene rings is 1.